The summed E-state index contributed by atoms with van der Waals surface area (Å²) >= 11 is 12.4. The van der Waals surface area contributed by atoms with Crippen molar-refractivity contribution < 1.29 is 19.4 Å². The first-order valence-corrected chi connectivity index (χ1v) is 6.87. The number of carbonyl (C=O) groups is 1. The van der Waals surface area contributed by atoms with Gasteiger partial charge in [-0.15, -0.1) is 0 Å². The minimum absolute atomic E-state index is 0.0344. The molecule has 0 atom stereocenters. The maximum atomic E-state index is 10.9. The van der Waals surface area contributed by atoms with Crippen LogP contribution in [0.4, 0.5) is 0 Å². The molecule has 4 nitrogen and oxygen atoms in total. The Morgan fingerprint density at radius 2 is 2.20 bits per heavy atom. The molecule has 1 aromatic carbocycles. The van der Waals surface area contributed by atoms with E-state index in [1.165, 1.54) is 6.08 Å². The van der Waals surface area contributed by atoms with Crippen molar-refractivity contribution in [2.75, 3.05) is 13.2 Å². The Kier molecular flexibility index (Phi) is 4.45. The third-order valence-corrected chi connectivity index (χ3v) is 3.32. The molecule has 0 fully saturated rings. The summed E-state index contributed by atoms with van der Waals surface area (Å²) in [5, 5.41) is 9.57. The van der Waals surface area contributed by atoms with Crippen LogP contribution in [0.3, 0.4) is 0 Å². The second kappa shape index (κ2) is 5.94. The van der Waals surface area contributed by atoms with Crippen LogP contribution in [-0.2, 0) is 4.79 Å². The van der Waals surface area contributed by atoms with Crippen molar-refractivity contribution in [1.82, 2.24) is 0 Å². The van der Waals surface area contributed by atoms with Gasteiger partial charge in [0.25, 0.3) is 0 Å². The summed E-state index contributed by atoms with van der Waals surface area (Å²) in [4.78, 5) is 10.9. The highest BCUT2D eigenvalue weighted by molar-refractivity contribution is 6.38. The monoisotopic (exact) mass is 316 g/mol. The molecule has 0 amide bonds. The number of carboxylic acids is 1. The first kappa shape index (κ1) is 15.0. The smallest absolute Gasteiger partial charge is 0.335 e. The van der Waals surface area contributed by atoms with Gasteiger partial charge in [0.2, 0.25) is 0 Å². The van der Waals surface area contributed by atoms with Crippen molar-refractivity contribution >= 4 is 35.2 Å². The van der Waals surface area contributed by atoms with Crippen LogP contribution in [0, 0.1) is 5.92 Å². The first-order valence-electron chi connectivity index (χ1n) is 6.11. The fourth-order valence-electron chi connectivity index (χ4n) is 1.74. The summed E-state index contributed by atoms with van der Waals surface area (Å²) < 4.78 is 11.0. The molecule has 0 unspecified atom stereocenters. The molecule has 108 valence electrons. The van der Waals surface area contributed by atoms with Gasteiger partial charge in [-0.25, -0.2) is 4.79 Å². The van der Waals surface area contributed by atoms with E-state index in [0.717, 1.165) is 0 Å². The van der Waals surface area contributed by atoms with Gasteiger partial charge < -0.3 is 14.6 Å². The van der Waals surface area contributed by atoms with Crippen molar-refractivity contribution in [3.05, 3.63) is 27.2 Å². The molecule has 0 aromatic heterocycles. The number of carboxylic acid groups (broad SMARTS) is 1. The fourth-order valence-corrected chi connectivity index (χ4v) is 2.38. The highest BCUT2D eigenvalue weighted by atomic mass is 35.5. The molecule has 20 heavy (non-hydrogen) atoms. The Balaban J connectivity index is 2.40. The predicted molar refractivity (Wildman–Crippen MR) is 77.9 cm³/mol. The van der Waals surface area contributed by atoms with Crippen LogP contribution in [0.15, 0.2) is 11.6 Å². The van der Waals surface area contributed by atoms with Crippen LogP contribution >= 0.6 is 23.2 Å². The quantitative estimate of drug-likeness (QED) is 0.915. The van der Waals surface area contributed by atoms with Crippen LogP contribution in [-0.4, -0.2) is 24.3 Å². The molecular formula is C14H14Cl2O4. The zero-order chi connectivity index (χ0) is 14.9. The zero-order valence-electron chi connectivity index (χ0n) is 11.1. The predicted octanol–water partition coefficient (Wildman–Crippen LogP) is 3.89. The minimum Gasteiger partial charge on any atom is -0.490 e. The fraction of sp³-hybridized carbons (Fsp3) is 0.357. The van der Waals surface area contributed by atoms with Crippen LogP contribution in [0.5, 0.6) is 11.5 Å². The molecular weight excluding hydrogens is 303 g/mol. The summed E-state index contributed by atoms with van der Waals surface area (Å²) in [5.74, 6) is 0.0772. The van der Waals surface area contributed by atoms with E-state index in [-0.39, 0.29) is 17.2 Å². The summed E-state index contributed by atoms with van der Waals surface area (Å²) in [5.41, 5.74) is 0.695. The minimum atomic E-state index is -1.02. The lowest BCUT2D eigenvalue weighted by Crippen LogP contribution is -2.15. The van der Waals surface area contributed by atoms with Crippen molar-refractivity contribution in [3.63, 3.8) is 0 Å². The average Bonchev–Trinajstić information content (AvgIpc) is 2.37. The number of benzene rings is 1. The second-order valence-corrected chi connectivity index (χ2v) is 5.67. The molecule has 6 heteroatoms. The molecule has 1 aliphatic heterocycles. The Morgan fingerprint density at radius 1 is 1.50 bits per heavy atom. The summed E-state index contributed by atoms with van der Waals surface area (Å²) in [6, 6.07) is 1.60. The van der Waals surface area contributed by atoms with Crippen LogP contribution < -0.4 is 9.47 Å². The summed E-state index contributed by atoms with van der Waals surface area (Å²) in [6.45, 7) is 4.47. The van der Waals surface area contributed by atoms with Gasteiger partial charge in [0.1, 0.15) is 17.4 Å². The van der Waals surface area contributed by atoms with Gasteiger partial charge >= 0.3 is 5.97 Å². The molecule has 1 aromatic rings. The lowest BCUT2D eigenvalue weighted by Gasteiger charge is -2.20. The van der Waals surface area contributed by atoms with Crippen molar-refractivity contribution in [2.45, 2.75) is 13.8 Å². The van der Waals surface area contributed by atoms with Crippen molar-refractivity contribution in [3.8, 4) is 11.5 Å². The molecule has 0 aliphatic carbocycles. The van der Waals surface area contributed by atoms with Gasteiger partial charge in [0.05, 0.1) is 17.2 Å². The van der Waals surface area contributed by atoms with Gasteiger partial charge in [0, 0.05) is 5.56 Å². The standard InChI is InChI=1S/C14H14Cl2O4/c1-7(2)5-19-13-10(15)4-8-3-9(14(17)18)6-20-12(8)11(13)16/h3-4,7H,5-6H2,1-2H3,(H,17,18). The third kappa shape index (κ3) is 3.02. The maximum absolute atomic E-state index is 10.9. The number of hydrogen-bond acceptors (Lipinski definition) is 3. The van der Waals surface area contributed by atoms with E-state index in [0.29, 0.717) is 34.6 Å². The van der Waals surface area contributed by atoms with E-state index in [9.17, 15) is 4.79 Å². The lowest BCUT2D eigenvalue weighted by atomic mass is 10.1. The van der Waals surface area contributed by atoms with Gasteiger partial charge in [0.15, 0.2) is 5.75 Å². The highest BCUT2D eigenvalue weighted by Crippen LogP contribution is 2.44. The van der Waals surface area contributed by atoms with Crippen LogP contribution in [0.2, 0.25) is 10.0 Å². The molecule has 1 N–H and O–H groups in total. The molecule has 2 rings (SSSR count). The van der Waals surface area contributed by atoms with E-state index < -0.39 is 5.97 Å². The second-order valence-electron chi connectivity index (χ2n) is 4.89. The van der Waals surface area contributed by atoms with E-state index >= 15 is 0 Å². The van der Waals surface area contributed by atoms with Gasteiger partial charge in [-0.1, -0.05) is 37.0 Å². The third-order valence-electron chi connectivity index (χ3n) is 2.70. The Labute approximate surface area is 126 Å². The molecule has 0 saturated heterocycles. The molecule has 0 saturated carbocycles. The lowest BCUT2D eigenvalue weighted by molar-refractivity contribution is -0.132. The number of fused-ring (bicyclic) bond motifs is 1. The Bertz CT molecular complexity index is 579. The Hall–Kier alpha value is -1.39. The molecule has 0 spiro atoms. The number of ether oxygens (including phenoxy) is 2. The largest absolute Gasteiger partial charge is 0.490 e. The van der Waals surface area contributed by atoms with E-state index in [1.54, 1.807) is 6.07 Å². The maximum Gasteiger partial charge on any atom is 0.335 e. The number of aliphatic carboxylic acids is 1. The SMILES string of the molecule is CC(C)COc1c(Cl)cc2c(c1Cl)OCC(C(=O)O)=C2. The molecule has 1 heterocycles. The van der Waals surface area contributed by atoms with E-state index in [1.807, 2.05) is 13.8 Å². The summed E-state index contributed by atoms with van der Waals surface area (Å²) in [7, 11) is 0. The zero-order valence-corrected chi connectivity index (χ0v) is 12.6. The van der Waals surface area contributed by atoms with E-state index in [4.69, 9.17) is 37.8 Å². The first-order chi connectivity index (χ1) is 9.40. The van der Waals surface area contributed by atoms with Gasteiger partial charge in [-0.3, -0.25) is 0 Å². The molecule has 0 radical (unpaired) electrons. The number of halogens is 2. The van der Waals surface area contributed by atoms with Gasteiger partial charge in [-0.05, 0) is 18.1 Å². The normalized spacial score (nSPS) is 13.6. The molecule has 0 bridgehead atoms. The van der Waals surface area contributed by atoms with Crippen molar-refractivity contribution in [1.29, 1.82) is 0 Å². The van der Waals surface area contributed by atoms with Crippen molar-refractivity contribution in [2.24, 2.45) is 5.92 Å². The van der Waals surface area contributed by atoms with Crippen LogP contribution in [0.1, 0.15) is 19.4 Å². The Morgan fingerprint density at radius 3 is 2.80 bits per heavy atom. The summed E-state index contributed by atoms with van der Waals surface area (Å²) in [6.07, 6.45) is 1.51. The van der Waals surface area contributed by atoms with Gasteiger partial charge in [-0.2, -0.15) is 0 Å². The van der Waals surface area contributed by atoms with E-state index in [2.05, 4.69) is 0 Å². The molecule has 1 aliphatic rings. The number of rotatable bonds is 4. The van der Waals surface area contributed by atoms with Crippen LogP contribution in [0.25, 0.3) is 6.08 Å². The topological polar surface area (TPSA) is 55.8 Å². The number of hydrogen-bond donors (Lipinski definition) is 1. The average molecular weight is 317 g/mol. The highest BCUT2D eigenvalue weighted by Gasteiger charge is 2.23.